The summed E-state index contributed by atoms with van der Waals surface area (Å²) in [6, 6.07) is 10.5. The van der Waals surface area contributed by atoms with Crippen LogP contribution < -0.4 is 10.5 Å². The topological polar surface area (TPSA) is 55.5 Å². The van der Waals surface area contributed by atoms with Gasteiger partial charge in [-0.25, -0.2) is 0 Å². The highest BCUT2D eigenvalue weighted by Gasteiger charge is 2.08. The Morgan fingerprint density at radius 3 is 2.74 bits per heavy atom. The van der Waals surface area contributed by atoms with Gasteiger partial charge < -0.3 is 15.6 Å². The number of aromatic hydroxyl groups is 1. The van der Waals surface area contributed by atoms with Gasteiger partial charge in [-0.05, 0) is 30.2 Å². The van der Waals surface area contributed by atoms with Gasteiger partial charge in [-0.15, -0.1) is 0 Å². The molecule has 0 heterocycles. The van der Waals surface area contributed by atoms with E-state index in [0.717, 1.165) is 17.5 Å². The van der Waals surface area contributed by atoms with Crippen molar-refractivity contribution in [1.82, 2.24) is 0 Å². The third-order valence-corrected chi connectivity index (χ3v) is 3.27. The molecular formula is C15H16ClNO2. The summed E-state index contributed by atoms with van der Waals surface area (Å²) in [6.07, 6.45) is 0.896. The van der Waals surface area contributed by atoms with Crippen LogP contribution in [-0.2, 0) is 13.0 Å². The molecule has 0 saturated carbocycles. The number of phenols is 1. The molecule has 100 valence electrons. The minimum Gasteiger partial charge on any atom is -0.508 e. The summed E-state index contributed by atoms with van der Waals surface area (Å²) in [6.45, 7) is 2.44. The van der Waals surface area contributed by atoms with Crippen molar-refractivity contribution in [2.24, 2.45) is 0 Å². The summed E-state index contributed by atoms with van der Waals surface area (Å²) in [5.41, 5.74) is 8.83. The number of halogens is 1. The number of rotatable bonds is 4. The van der Waals surface area contributed by atoms with Crippen LogP contribution in [-0.4, -0.2) is 5.11 Å². The van der Waals surface area contributed by atoms with Crippen LogP contribution in [0.25, 0.3) is 0 Å². The molecule has 0 aliphatic heterocycles. The van der Waals surface area contributed by atoms with Crippen LogP contribution in [0, 0.1) is 0 Å². The lowest BCUT2D eigenvalue weighted by atomic mass is 10.0. The Balaban J connectivity index is 2.19. The molecule has 0 saturated heterocycles. The van der Waals surface area contributed by atoms with Gasteiger partial charge in [0, 0.05) is 17.3 Å². The second-order valence-electron chi connectivity index (χ2n) is 4.24. The van der Waals surface area contributed by atoms with E-state index < -0.39 is 0 Å². The number of benzene rings is 2. The molecule has 3 nitrogen and oxygen atoms in total. The molecule has 4 heteroatoms. The first-order valence-corrected chi connectivity index (χ1v) is 6.47. The van der Waals surface area contributed by atoms with Gasteiger partial charge in [0.25, 0.3) is 0 Å². The van der Waals surface area contributed by atoms with Crippen LogP contribution in [0.2, 0.25) is 5.02 Å². The fourth-order valence-electron chi connectivity index (χ4n) is 1.92. The quantitative estimate of drug-likeness (QED) is 0.837. The Morgan fingerprint density at radius 1 is 1.26 bits per heavy atom. The zero-order valence-corrected chi connectivity index (χ0v) is 11.4. The number of aryl methyl sites for hydroxylation is 1. The highest BCUT2D eigenvalue weighted by atomic mass is 35.5. The standard InChI is InChI=1S/C15H16ClNO2/c1-2-10-4-3-5-14(17)12(10)9-19-15-7-6-11(18)8-13(15)16/h3-8,18H,2,9,17H2,1H3. The van der Waals surface area contributed by atoms with Gasteiger partial charge >= 0.3 is 0 Å². The molecule has 2 aromatic carbocycles. The highest BCUT2D eigenvalue weighted by molar-refractivity contribution is 6.32. The average molecular weight is 278 g/mol. The van der Waals surface area contributed by atoms with Crippen LogP contribution in [0.5, 0.6) is 11.5 Å². The third-order valence-electron chi connectivity index (χ3n) is 2.98. The van der Waals surface area contributed by atoms with Crippen molar-refractivity contribution in [1.29, 1.82) is 0 Å². The fraction of sp³-hybridized carbons (Fsp3) is 0.200. The highest BCUT2D eigenvalue weighted by Crippen LogP contribution is 2.29. The summed E-state index contributed by atoms with van der Waals surface area (Å²) >= 11 is 5.99. The van der Waals surface area contributed by atoms with E-state index in [1.54, 1.807) is 6.07 Å². The molecule has 0 aromatic heterocycles. The van der Waals surface area contributed by atoms with E-state index in [-0.39, 0.29) is 5.75 Å². The van der Waals surface area contributed by atoms with Gasteiger partial charge in [-0.2, -0.15) is 0 Å². The molecule has 2 rings (SSSR count). The first-order valence-electron chi connectivity index (χ1n) is 6.09. The summed E-state index contributed by atoms with van der Waals surface area (Å²) in [5, 5.41) is 9.67. The van der Waals surface area contributed by atoms with E-state index in [1.807, 2.05) is 18.2 Å². The van der Waals surface area contributed by atoms with Gasteiger partial charge in [0.2, 0.25) is 0 Å². The largest absolute Gasteiger partial charge is 0.508 e. The molecule has 0 bridgehead atoms. The monoisotopic (exact) mass is 277 g/mol. The molecule has 0 fully saturated rings. The zero-order valence-electron chi connectivity index (χ0n) is 10.7. The second-order valence-corrected chi connectivity index (χ2v) is 4.65. The molecule has 19 heavy (non-hydrogen) atoms. The van der Waals surface area contributed by atoms with Gasteiger partial charge in [-0.1, -0.05) is 30.7 Å². The number of hydrogen-bond acceptors (Lipinski definition) is 3. The summed E-state index contributed by atoms with van der Waals surface area (Å²) in [7, 11) is 0. The number of anilines is 1. The number of ether oxygens (including phenoxy) is 1. The molecule has 0 spiro atoms. The van der Waals surface area contributed by atoms with Crippen molar-refractivity contribution in [2.45, 2.75) is 20.0 Å². The van der Waals surface area contributed by atoms with Gasteiger partial charge in [-0.3, -0.25) is 0 Å². The predicted octanol–water partition coefficient (Wildman–Crippen LogP) is 3.77. The number of nitrogens with two attached hydrogens (primary N) is 1. The van der Waals surface area contributed by atoms with Crippen molar-refractivity contribution in [3.63, 3.8) is 0 Å². The normalized spacial score (nSPS) is 10.4. The maximum Gasteiger partial charge on any atom is 0.138 e. The lowest BCUT2D eigenvalue weighted by Crippen LogP contribution is -2.04. The minimum absolute atomic E-state index is 0.117. The van der Waals surface area contributed by atoms with Crippen LogP contribution in [0.3, 0.4) is 0 Å². The Hall–Kier alpha value is -1.87. The second kappa shape index (κ2) is 5.85. The Bertz CT molecular complexity index is 584. The minimum atomic E-state index is 0.117. The summed E-state index contributed by atoms with van der Waals surface area (Å²) in [4.78, 5) is 0. The molecule has 0 atom stereocenters. The molecule has 0 amide bonds. The molecule has 0 radical (unpaired) electrons. The predicted molar refractivity (Wildman–Crippen MR) is 77.7 cm³/mol. The molecule has 0 aliphatic rings. The number of nitrogen functional groups attached to an aromatic ring is 1. The lowest BCUT2D eigenvalue weighted by molar-refractivity contribution is 0.305. The van der Waals surface area contributed by atoms with Crippen LogP contribution >= 0.6 is 11.6 Å². The first kappa shape index (κ1) is 13.6. The SMILES string of the molecule is CCc1cccc(N)c1COc1ccc(O)cc1Cl. The summed E-state index contributed by atoms with van der Waals surface area (Å²) < 4.78 is 5.68. The van der Waals surface area contributed by atoms with E-state index in [4.69, 9.17) is 22.1 Å². The van der Waals surface area contributed by atoms with Gasteiger partial charge in [0.15, 0.2) is 0 Å². The van der Waals surface area contributed by atoms with Crippen molar-refractivity contribution in [2.75, 3.05) is 5.73 Å². The molecule has 3 N–H and O–H groups in total. The van der Waals surface area contributed by atoms with Crippen LogP contribution in [0.1, 0.15) is 18.1 Å². The third kappa shape index (κ3) is 3.12. The van der Waals surface area contributed by atoms with Gasteiger partial charge in [0.05, 0.1) is 5.02 Å². The molecule has 0 unspecified atom stereocenters. The van der Waals surface area contributed by atoms with Crippen LogP contribution in [0.15, 0.2) is 36.4 Å². The Kier molecular flexibility index (Phi) is 4.17. The van der Waals surface area contributed by atoms with Crippen LogP contribution in [0.4, 0.5) is 5.69 Å². The number of hydrogen-bond donors (Lipinski definition) is 2. The van der Waals surface area contributed by atoms with E-state index in [0.29, 0.717) is 23.1 Å². The molecule has 0 aliphatic carbocycles. The van der Waals surface area contributed by atoms with Crippen molar-refractivity contribution >= 4 is 17.3 Å². The smallest absolute Gasteiger partial charge is 0.138 e. The Morgan fingerprint density at radius 2 is 2.05 bits per heavy atom. The Labute approximate surface area is 117 Å². The zero-order chi connectivity index (χ0) is 13.8. The van der Waals surface area contributed by atoms with Gasteiger partial charge in [0.1, 0.15) is 18.1 Å². The van der Waals surface area contributed by atoms with Crippen molar-refractivity contribution < 1.29 is 9.84 Å². The van der Waals surface area contributed by atoms with E-state index in [2.05, 4.69) is 6.92 Å². The fourth-order valence-corrected chi connectivity index (χ4v) is 2.15. The molecular weight excluding hydrogens is 262 g/mol. The molecule has 2 aromatic rings. The van der Waals surface area contributed by atoms with E-state index in [9.17, 15) is 5.11 Å². The summed E-state index contributed by atoms with van der Waals surface area (Å²) in [5.74, 6) is 0.649. The first-order chi connectivity index (χ1) is 9.11. The maximum atomic E-state index is 9.29. The van der Waals surface area contributed by atoms with Crippen molar-refractivity contribution in [3.05, 3.63) is 52.5 Å². The van der Waals surface area contributed by atoms with Crippen molar-refractivity contribution in [3.8, 4) is 11.5 Å². The average Bonchev–Trinajstić information content (AvgIpc) is 2.39. The number of phenolic OH excluding ortho intramolecular Hbond substituents is 1. The van der Waals surface area contributed by atoms with E-state index in [1.165, 1.54) is 12.1 Å². The lowest BCUT2D eigenvalue weighted by Gasteiger charge is -2.13. The van der Waals surface area contributed by atoms with E-state index >= 15 is 0 Å². The maximum absolute atomic E-state index is 9.29.